The van der Waals surface area contributed by atoms with Gasteiger partial charge in [0.1, 0.15) is 18.1 Å². The van der Waals surface area contributed by atoms with Crippen molar-refractivity contribution < 1.29 is 17.9 Å². The molecule has 0 saturated carbocycles. The highest BCUT2D eigenvalue weighted by Gasteiger charge is 2.25. The number of benzene rings is 2. The molecule has 5 rings (SSSR count). The summed E-state index contributed by atoms with van der Waals surface area (Å²) >= 11 is 0. The van der Waals surface area contributed by atoms with Crippen molar-refractivity contribution in [2.75, 3.05) is 43.0 Å². The Kier molecular flexibility index (Phi) is 7.50. The fraction of sp³-hybridized carbons (Fsp3) is 0.429. The Balaban J connectivity index is 1.42. The van der Waals surface area contributed by atoms with Crippen LogP contribution in [0.25, 0.3) is 11.3 Å². The van der Waals surface area contributed by atoms with Gasteiger partial charge in [-0.15, -0.1) is 0 Å². The molecule has 9 heteroatoms. The molecule has 0 aliphatic carbocycles. The number of nitrogens with one attached hydrogen (secondary N) is 2. The van der Waals surface area contributed by atoms with Gasteiger partial charge in [0.15, 0.2) is 17.4 Å². The summed E-state index contributed by atoms with van der Waals surface area (Å²) in [5.74, 6) is -0.673. The first-order valence-electron chi connectivity index (χ1n) is 12.9. The van der Waals surface area contributed by atoms with Crippen molar-refractivity contribution in [2.45, 2.75) is 39.0 Å². The van der Waals surface area contributed by atoms with E-state index < -0.39 is 11.6 Å². The zero-order valence-electron chi connectivity index (χ0n) is 21.2. The van der Waals surface area contributed by atoms with Crippen molar-refractivity contribution in [3.05, 3.63) is 59.5 Å². The van der Waals surface area contributed by atoms with Crippen LogP contribution >= 0.6 is 0 Å². The fourth-order valence-electron chi connectivity index (χ4n) is 4.99. The van der Waals surface area contributed by atoms with Crippen molar-refractivity contribution in [2.24, 2.45) is 5.92 Å². The highest BCUT2D eigenvalue weighted by atomic mass is 19.1. The van der Waals surface area contributed by atoms with Crippen LogP contribution in [-0.4, -0.2) is 42.8 Å². The molecular formula is C28H32F3N5O. The van der Waals surface area contributed by atoms with E-state index in [4.69, 9.17) is 4.74 Å². The summed E-state index contributed by atoms with van der Waals surface area (Å²) < 4.78 is 50.4. The minimum absolute atomic E-state index is 0.0416. The van der Waals surface area contributed by atoms with Gasteiger partial charge in [-0.25, -0.2) is 23.1 Å². The first-order valence-corrected chi connectivity index (χ1v) is 12.9. The smallest absolute Gasteiger partial charge is 0.227 e. The summed E-state index contributed by atoms with van der Waals surface area (Å²) in [6.07, 6.45) is 3.82. The molecule has 0 spiro atoms. The van der Waals surface area contributed by atoms with Crippen molar-refractivity contribution in [3.63, 3.8) is 0 Å². The summed E-state index contributed by atoms with van der Waals surface area (Å²) in [6, 6.07) is 7.90. The van der Waals surface area contributed by atoms with Crippen LogP contribution in [0.3, 0.4) is 0 Å². The average molecular weight is 512 g/mol. The average Bonchev–Trinajstić information content (AvgIpc) is 2.90. The molecule has 0 radical (unpaired) electrons. The van der Waals surface area contributed by atoms with Gasteiger partial charge in [0.05, 0.1) is 18.4 Å². The highest BCUT2D eigenvalue weighted by molar-refractivity contribution is 5.73. The maximum atomic E-state index is 15.0. The number of nitrogens with zero attached hydrogens (tertiary/aromatic N) is 3. The molecule has 0 amide bonds. The third kappa shape index (κ3) is 5.51. The van der Waals surface area contributed by atoms with E-state index in [-0.39, 0.29) is 34.7 Å². The summed E-state index contributed by atoms with van der Waals surface area (Å²) in [6.45, 7) is 7.76. The zero-order valence-corrected chi connectivity index (χ0v) is 21.2. The van der Waals surface area contributed by atoms with E-state index >= 15 is 4.39 Å². The zero-order chi connectivity index (χ0) is 25.9. The first kappa shape index (κ1) is 25.3. The molecule has 3 heterocycles. The standard InChI is InChI=1S/C28H32F3N5O/c1-3-17(2)16-36-10-11-37-27-23(30)12-19(13-25(27)36)26-24(31)15-33-28(35-26)34-20-4-5-21(22(29)14-20)18-6-8-32-9-7-18/h4-5,12-15,17-18,32H,3,6-11,16H2,1-2H3,(H,33,34,35). The van der Waals surface area contributed by atoms with E-state index in [0.717, 1.165) is 45.1 Å². The van der Waals surface area contributed by atoms with Gasteiger partial charge < -0.3 is 20.3 Å². The van der Waals surface area contributed by atoms with Crippen LogP contribution in [0.2, 0.25) is 0 Å². The lowest BCUT2D eigenvalue weighted by Gasteiger charge is -2.33. The minimum atomic E-state index is -0.678. The Morgan fingerprint density at radius 3 is 2.68 bits per heavy atom. The summed E-state index contributed by atoms with van der Waals surface area (Å²) in [4.78, 5) is 10.4. The van der Waals surface area contributed by atoms with Gasteiger partial charge >= 0.3 is 0 Å². The molecule has 1 atom stereocenters. The summed E-state index contributed by atoms with van der Waals surface area (Å²) in [5.41, 5.74) is 1.98. The van der Waals surface area contributed by atoms with Crippen LogP contribution < -0.4 is 20.3 Å². The van der Waals surface area contributed by atoms with Crippen molar-refractivity contribution in [3.8, 4) is 17.0 Å². The molecule has 1 saturated heterocycles. The largest absolute Gasteiger partial charge is 0.486 e. The van der Waals surface area contributed by atoms with Crippen LogP contribution in [-0.2, 0) is 0 Å². The second kappa shape index (κ2) is 11.0. The van der Waals surface area contributed by atoms with Gasteiger partial charge in [0, 0.05) is 17.8 Å². The molecule has 1 unspecified atom stereocenters. The molecule has 3 aromatic rings. The summed E-state index contributed by atoms with van der Waals surface area (Å²) in [7, 11) is 0. The lowest BCUT2D eigenvalue weighted by atomic mass is 9.90. The van der Waals surface area contributed by atoms with Crippen molar-refractivity contribution in [1.82, 2.24) is 15.3 Å². The number of piperidine rings is 1. The Morgan fingerprint density at radius 1 is 1.11 bits per heavy atom. The van der Waals surface area contributed by atoms with E-state index in [2.05, 4.69) is 39.3 Å². The fourth-order valence-corrected chi connectivity index (χ4v) is 4.99. The molecule has 0 bridgehead atoms. The predicted molar refractivity (Wildman–Crippen MR) is 139 cm³/mol. The molecule has 2 aliphatic heterocycles. The number of rotatable bonds is 7. The molecule has 2 aliphatic rings. The Bertz CT molecular complexity index is 1260. The molecule has 37 heavy (non-hydrogen) atoms. The SMILES string of the molecule is CCC(C)CN1CCOc2c(F)cc(-c3nc(Nc4ccc(C5CCNCC5)c(F)c4)ncc3F)cc21. The monoisotopic (exact) mass is 511 g/mol. The van der Waals surface area contributed by atoms with Crippen LogP contribution in [0.15, 0.2) is 36.5 Å². The van der Waals surface area contributed by atoms with Gasteiger partial charge in [0.25, 0.3) is 0 Å². The second-order valence-corrected chi connectivity index (χ2v) is 9.89. The normalized spacial score (nSPS) is 16.7. The Hall–Kier alpha value is -3.33. The molecule has 2 aromatic carbocycles. The van der Waals surface area contributed by atoms with Crippen LogP contribution in [0.4, 0.5) is 30.5 Å². The van der Waals surface area contributed by atoms with Crippen molar-refractivity contribution in [1.29, 1.82) is 0 Å². The third-order valence-corrected chi connectivity index (χ3v) is 7.25. The topological polar surface area (TPSA) is 62.3 Å². The quantitative estimate of drug-likeness (QED) is 0.405. The number of fused-ring (bicyclic) bond motifs is 1. The second-order valence-electron chi connectivity index (χ2n) is 9.89. The molecule has 6 nitrogen and oxygen atoms in total. The van der Waals surface area contributed by atoms with Gasteiger partial charge in [-0.3, -0.25) is 0 Å². The van der Waals surface area contributed by atoms with Crippen LogP contribution in [0.1, 0.15) is 44.6 Å². The predicted octanol–water partition coefficient (Wildman–Crippen LogP) is 6.02. The lowest BCUT2D eigenvalue weighted by molar-refractivity contribution is 0.288. The van der Waals surface area contributed by atoms with E-state index in [0.29, 0.717) is 36.0 Å². The lowest BCUT2D eigenvalue weighted by Crippen LogP contribution is -2.36. The maximum Gasteiger partial charge on any atom is 0.227 e. The van der Waals surface area contributed by atoms with Crippen LogP contribution in [0, 0.1) is 23.4 Å². The number of hydrogen-bond donors (Lipinski definition) is 2. The Morgan fingerprint density at radius 2 is 1.92 bits per heavy atom. The third-order valence-electron chi connectivity index (χ3n) is 7.25. The number of aromatic nitrogens is 2. The molecule has 196 valence electrons. The number of ether oxygens (including phenoxy) is 1. The van der Waals surface area contributed by atoms with Crippen molar-refractivity contribution >= 4 is 17.3 Å². The molecule has 2 N–H and O–H groups in total. The molecule has 1 fully saturated rings. The van der Waals surface area contributed by atoms with E-state index in [1.54, 1.807) is 18.2 Å². The van der Waals surface area contributed by atoms with Gasteiger partial charge in [-0.2, -0.15) is 0 Å². The van der Waals surface area contributed by atoms with Gasteiger partial charge in [-0.05, 0) is 67.6 Å². The maximum absolute atomic E-state index is 15.0. The first-order chi connectivity index (χ1) is 17.9. The number of anilines is 3. The summed E-state index contributed by atoms with van der Waals surface area (Å²) in [5, 5.41) is 6.25. The molecular weight excluding hydrogens is 479 g/mol. The minimum Gasteiger partial charge on any atom is -0.486 e. The van der Waals surface area contributed by atoms with E-state index in [1.807, 2.05) is 0 Å². The molecule has 1 aromatic heterocycles. The Labute approximate surface area is 215 Å². The number of halogens is 3. The number of hydrogen-bond acceptors (Lipinski definition) is 6. The van der Waals surface area contributed by atoms with E-state index in [9.17, 15) is 8.78 Å². The highest BCUT2D eigenvalue weighted by Crippen LogP contribution is 2.39. The van der Waals surface area contributed by atoms with Gasteiger partial charge in [0.2, 0.25) is 5.95 Å². The van der Waals surface area contributed by atoms with E-state index in [1.165, 1.54) is 12.1 Å². The van der Waals surface area contributed by atoms with Gasteiger partial charge in [-0.1, -0.05) is 26.3 Å². The van der Waals surface area contributed by atoms with Crippen LogP contribution in [0.5, 0.6) is 5.75 Å².